The lowest BCUT2D eigenvalue weighted by atomic mass is 10.2. The van der Waals surface area contributed by atoms with Crippen molar-refractivity contribution in [2.24, 2.45) is 0 Å². The van der Waals surface area contributed by atoms with E-state index in [1.54, 1.807) is 0 Å². The number of benzene rings is 1. The van der Waals surface area contributed by atoms with Crippen LogP contribution >= 0.6 is 11.6 Å². The molecule has 0 aliphatic heterocycles. The first kappa shape index (κ1) is 13.4. The fourth-order valence-corrected chi connectivity index (χ4v) is 2.68. The van der Waals surface area contributed by atoms with Gasteiger partial charge in [0.2, 0.25) is 0 Å². The van der Waals surface area contributed by atoms with Gasteiger partial charge in [0.1, 0.15) is 5.82 Å². The predicted molar refractivity (Wildman–Crippen MR) is 83.3 cm³/mol. The van der Waals surface area contributed by atoms with Crippen molar-refractivity contribution >= 4 is 17.4 Å². The van der Waals surface area contributed by atoms with Gasteiger partial charge in [0.25, 0.3) is 0 Å². The monoisotopic (exact) mass is 287 g/mol. The van der Waals surface area contributed by atoms with Gasteiger partial charge in [0, 0.05) is 28.4 Å². The molecular weight excluding hydrogens is 270 g/mol. The average molecular weight is 288 g/mol. The number of nitrogens with zero attached hydrogens (tertiary/aromatic N) is 2. The second-order valence-corrected chi connectivity index (χ2v) is 5.54. The maximum Gasteiger partial charge on any atom is 0.161 e. The highest BCUT2D eigenvalue weighted by Gasteiger charge is 2.19. The Morgan fingerprint density at radius 1 is 1.15 bits per heavy atom. The Morgan fingerprint density at radius 2 is 1.95 bits per heavy atom. The normalized spacial score (nSPS) is 13.3. The Hall–Kier alpha value is -1.61. The lowest BCUT2D eigenvalue weighted by Crippen LogP contribution is -2.08. The summed E-state index contributed by atoms with van der Waals surface area (Å²) in [5.74, 6) is 1.81. The summed E-state index contributed by atoms with van der Waals surface area (Å²) in [7, 11) is 0. The standard InChI is InChI=1S/C16H18ClN3/c1-2-10-18-16-13-4-3-5-14(13)19-15(20-16)11-6-8-12(17)9-7-11/h6-9H,2-5,10H2,1H3,(H,18,19,20). The van der Waals surface area contributed by atoms with E-state index in [9.17, 15) is 0 Å². The molecule has 0 unspecified atom stereocenters. The lowest BCUT2D eigenvalue weighted by molar-refractivity contribution is 0.899. The van der Waals surface area contributed by atoms with Gasteiger partial charge in [-0.25, -0.2) is 9.97 Å². The zero-order chi connectivity index (χ0) is 13.9. The molecule has 1 aromatic heterocycles. The van der Waals surface area contributed by atoms with Crippen molar-refractivity contribution in [3.8, 4) is 11.4 Å². The molecule has 3 nitrogen and oxygen atoms in total. The highest BCUT2D eigenvalue weighted by atomic mass is 35.5. The van der Waals surface area contributed by atoms with E-state index >= 15 is 0 Å². The highest BCUT2D eigenvalue weighted by molar-refractivity contribution is 6.30. The Morgan fingerprint density at radius 3 is 2.70 bits per heavy atom. The van der Waals surface area contributed by atoms with Crippen molar-refractivity contribution in [1.29, 1.82) is 0 Å². The smallest absolute Gasteiger partial charge is 0.161 e. The third-order valence-electron chi connectivity index (χ3n) is 3.58. The van der Waals surface area contributed by atoms with Crippen LogP contribution in [0.1, 0.15) is 31.0 Å². The van der Waals surface area contributed by atoms with Crippen LogP contribution in [0.4, 0.5) is 5.82 Å². The van der Waals surface area contributed by atoms with Crippen LogP contribution in [0.3, 0.4) is 0 Å². The van der Waals surface area contributed by atoms with Gasteiger partial charge in [-0.3, -0.25) is 0 Å². The van der Waals surface area contributed by atoms with E-state index in [2.05, 4.69) is 12.2 Å². The van der Waals surface area contributed by atoms with E-state index in [0.717, 1.165) is 48.0 Å². The fourth-order valence-electron chi connectivity index (χ4n) is 2.55. The van der Waals surface area contributed by atoms with Gasteiger partial charge in [0.15, 0.2) is 5.82 Å². The molecule has 0 radical (unpaired) electrons. The predicted octanol–water partition coefficient (Wildman–Crippen LogP) is 4.11. The molecular formula is C16H18ClN3. The summed E-state index contributed by atoms with van der Waals surface area (Å²) in [6, 6.07) is 7.71. The van der Waals surface area contributed by atoms with Crippen molar-refractivity contribution in [2.75, 3.05) is 11.9 Å². The van der Waals surface area contributed by atoms with Crippen LogP contribution in [-0.4, -0.2) is 16.5 Å². The first-order valence-electron chi connectivity index (χ1n) is 7.17. The minimum absolute atomic E-state index is 0.735. The summed E-state index contributed by atoms with van der Waals surface area (Å²) >= 11 is 5.94. The van der Waals surface area contributed by atoms with Crippen molar-refractivity contribution in [2.45, 2.75) is 32.6 Å². The summed E-state index contributed by atoms with van der Waals surface area (Å²) in [5, 5.41) is 4.17. The van der Waals surface area contributed by atoms with E-state index in [0.29, 0.717) is 0 Å². The maximum absolute atomic E-state index is 5.94. The van der Waals surface area contributed by atoms with Gasteiger partial charge < -0.3 is 5.32 Å². The van der Waals surface area contributed by atoms with E-state index in [1.165, 1.54) is 17.7 Å². The van der Waals surface area contributed by atoms with E-state index in [4.69, 9.17) is 21.6 Å². The van der Waals surface area contributed by atoms with Crippen molar-refractivity contribution in [3.63, 3.8) is 0 Å². The van der Waals surface area contributed by atoms with Crippen LogP contribution in [0.5, 0.6) is 0 Å². The molecule has 0 bridgehead atoms. The molecule has 2 aromatic rings. The molecule has 0 saturated carbocycles. The fraction of sp³-hybridized carbons (Fsp3) is 0.375. The van der Waals surface area contributed by atoms with Gasteiger partial charge in [-0.05, 0) is 49.9 Å². The second-order valence-electron chi connectivity index (χ2n) is 5.11. The highest BCUT2D eigenvalue weighted by Crippen LogP contribution is 2.29. The third kappa shape index (κ3) is 2.63. The SMILES string of the molecule is CCCNc1nc(-c2ccc(Cl)cc2)nc2c1CCC2. The number of anilines is 1. The average Bonchev–Trinajstić information content (AvgIpc) is 2.94. The molecule has 0 atom stereocenters. The maximum atomic E-state index is 5.94. The topological polar surface area (TPSA) is 37.8 Å². The molecule has 104 valence electrons. The largest absolute Gasteiger partial charge is 0.370 e. The van der Waals surface area contributed by atoms with Crippen LogP contribution < -0.4 is 5.32 Å². The lowest BCUT2D eigenvalue weighted by Gasteiger charge is -2.11. The van der Waals surface area contributed by atoms with Crippen molar-refractivity contribution < 1.29 is 0 Å². The van der Waals surface area contributed by atoms with E-state index < -0.39 is 0 Å². The Balaban J connectivity index is 2.01. The first-order valence-corrected chi connectivity index (χ1v) is 7.55. The summed E-state index contributed by atoms with van der Waals surface area (Å²) < 4.78 is 0. The first-order chi connectivity index (χ1) is 9.78. The molecule has 1 N–H and O–H groups in total. The number of hydrogen-bond donors (Lipinski definition) is 1. The molecule has 0 spiro atoms. The molecule has 20 heavy (non-hydrogen) atoms. The van der Waals surface area contributed by atoms with E-state index in [1.807, 2.05) is 24.3 Å². The number of rotatable bonds is 4. The van der Waals surface area contributed by atoms with Gasteiger partial charge >= 0.3 is 0 Å². The van der Waals surface area contributed by atoms with Gasteiger partial charge in [-0.1, -0.05) is 18.5 Å². The van der Waals surface area contributed by atoms with Crippen molar-refractivity contribution in [1.82, 2.24) is 9.97 Å². The minimum Gasteiger partial charge on any atom is -0.370 e. The molecule has 1 aliphatic carbocycles. The molecule has 0 fully saturated rings. The summed E-state index contributed by atoms with van der Waals surface area (Å²) in [5.41, 5.74) is 3.52. The van der Waals surface area contributed by atoms with Gasteiger partial charge in [0.05, 0.1) is 0 Å². The number of aryl methyl sites for hydroxylation is 1. The summed E-state index contributed by atoms with van der Waals surface area (Å²) in [4.78, 5) is 9.44. The number of hydrogen-bond acceptors (Lipinski definition) is 3. The van der Waals surface area contributed by atoms with Gasteiger partial charge in [-0.2, -0.15) is 0 Å². The number of nitrogens with one attached hydrogen (secondary N) is 1. The molecule has 0 saturated heterocycles. The van der Waals surface area contributed by atoms with Crippen molar-refractivity contribution in [3.05, 3.63) is 40.5 Å². The second kappa shape index (κ2) is 5.80. The Kier molecular flexibility index (Phi) is 3.88. The molecule has 3 rings (SSSR count). The molecule has 0 amide bonds. The summed E-state index contributed by atoms with van der Waals surface area (Å²) in [6.07, 6.45) is 4.41. The van der Waals surface area contributed by atoms with Crippen LogP contribution in [0.25, 0.3) is 11.4 Å². The number of aromatic nitrogens is 2. The Bertz CT molecular complexity index is 608. The Labute approximate surface area is 124 Å². The number of halogens is 1. The molecule has 1 heterocycles. The van der Waals surface area contributed by atoms with Crippen LogP contribution in [0, 0.1) is 0 Å². The third-order valence-corrected chi connectivity index (χ3v) is 3.83. The minimum atomic E-state index is 0.735. The number of fused-ring (bicyclic) bond motifs is 1. The van der Waals surface area contributed by atoms with Gasteiger partial charge in [-0.15, -0.1) is 0 Å². The zero-order valence-electron chi connectivity index (χ0n) is 11.6. The summed E-state index contributed by atoms with van der Waals surface area (Å²) in [6.45, 7) is 3.11. The molecule has 4 heteroatoms. The van der Waals surface area contributed by atoms with E-state index in [-0.39, 0.29) is 0 Å². The van der Waals surface area contributed by atoms with Crippen LogP contribution in [-0.2, 0) is 12.8 Å². The molecule has 1 aromatic carbocycles. The van der Waals surface area contributed by atoms with Crippen LogP contribution in [0.15, 0.2) is 24.3 Å². The quantitative estimate of drug-likeness (QED) is 0.920. The zero-order valence-corrected chi connectivity index (χ0v) is 12.4. The molecule has 1 aliphatic rings. The van der Waals surface area contributed by atoms with Crippen LogP contribution in [0.2, 0.25) is 5.02 Å².